The molecule has 3 nitrogen and oxygen atoms in total. The van der Waals surface area contributed by atoms with Crippen molar-refractivity contribution in [1.82, 2.24) is 0 Å². The second kappa shape index (κ2) is 11.4. The van der Waals surface area contributed by atoms with Crippen molar-refractivity contribution in [3.63, 3.8) is 0 Å². The number of allylic oxidation sites excluding steroid dienone is 1. The summed E-state index contributed by atoms with van der Waals surface area (Å²) in [5.41, 5.74) is 1.50. The van der Waals surface area contributed by atoms with E-state index >= 15 is 0 Å². The van der Waals surface area contributed by atoms with Crippen molar-refractivity contribution in [2.45, 2.75) is 45.8 Å². The highest BCUT2D eigenvalue weighted by molar-refractivity contribution is 6.99. The summed E-state index contributed by atoms with van der Waals surface area (Å²) >= 11 is 0. The first-order valence-electron chi connectivity index (χ1n) is 11.6. The van der Waals surface area contributed by atoms with E-state index in [4.69, 9.17) is 4.43 Å². The molecule has 35 heavy (non-hydrogen) atoms. The Morgan fingerprint density at radius 1 is 0.943 bits per heavy atom. The lowest BCUT2D eigenvalue weighted by Gasteiger charge is -2.43. The first kappa shape index (κ1) is 26.3. The van der Waals surface area contributed by atoms with Gasteiger partial charge in [0, 0.05) is 6.61 Å². The van der Waals surface area contributed by atoms with Crippen LogP contribution in [-0.2, 0) is 4.43 Å². The molecule has 3 aromatic rings. The number of nitrogens with zero attached hydrogens (tertiary/aromatic N) is 1. The van der Waals surface area contributed by atoms with Crippen LogP contribution >= 0.6 is 0 Å². The van der Waals surface area contributed by atoms with Gasteiger partial charge in [0.25, 0.3) is 8.32 Å². The van der Waals surface area contributed by atoms with E-state index in [-0.39, 0.29) is 16.4 Å². The lowest BCUT2D eigenvalue weighted by Crippen LogP contribution is -2.66. The van der Waals surface area contributed by atoms with Crippen LogP contribution in [0.2, 0.25) is 5.04 Å². The highest BCUT2D eigenvalue weighted by Gasteiger charge is 2.49. The maximum atomic E-state index is 12.7. The van der Waals surface area contributed by atoms with Crippen LogP contribution in [0.4, 0.5) is 8.78 Å². The van der Waals surface area contributed by atoms with Gasteiger partial charge in [0.15, 0.2) is 0 Å². The second-order valence-electron chi connectivity index (χ2n) is 9.36. The van der Waals surface area contributed by atoms with Crippen molar-refractivity contribution in [3.8, 4) is 11.8 Å². The van der Waals surface area contributed by atoms with E-state index in [2.05, 4.69) is 74.0 Å². The number of hydrogen-bond acceptors (Lipinski definition) is 3. The fourth-order valence-corrected chi connectivity index (χ4v) is 9.11. The monoisotopic (exact) mass is 491 g/mol. The number of ether oxygens (including phenoxy) is 1. The maximum absolute atomic E-state index is 12.7. The highest BCUT2D eigenvalue weighted by Crippen LogP contribution is 2.37. The summed E-state index contributed by atoms with van der Waals surface area (Å²) in [4.78, 5) is 0. The predicted molar refractivity (Wildman–Crippen MR) is 140 cm³/mol. The third-order valence-corrected chi connectivity index (χ3v) is 11.1. The zero-order chi connectivity index (χ0) is 25.5. The van der Waals surface area contributed by atoms with E-state index in [9.17, 15) is 14.0 Å². The van der Waals surface area contributed by atoms with Crippen LogP contribution in [0.1, 0.15) is 45.2 Å². The molecule has 0 radical (unpaired) electrons. The van der Waals surface area contributed by atoms with Crippen molar-refractivity contribution in [2.24, 2.45) is 0 Å². The number of alkyl halides is 2. The Balaban J connectivity index is 1.90. The minimum atomic E-state index is -2.98. The summed E-state index contributed by atoms with van der Waals surface area (Å²) in [6, 6.07) is 27.6. The van der Waals surface area contributed by atoms with Crippen LogP contribution in [0.5, 0.6) is 5.75 Å². The first-order valence-corrected chi connectivity index (χ1v) is 13.5. The lowest BCUT2D eigenvalue weighted by molar-refractivity contribution is -0.0500. The molecule has 3 rings (SSSR count). The highest BCUT2D eigenvalue weighted by atomic mass is 28.4. The molecular weight excluding hydrogens is 460 g/mol. The molecule has 0 aliphatic rings. The van der Waals surface area contributed by atoms with Crippen LogP contribution in [0.25, 0.3) is 5.57 Å². The Morgan fingerprint density at radius 3 is 2.00 bits per heavy atom. The fraction of sp³-hybridized carbons (Fsp3) is 0.276. The predicted octanol–water partition coefficient (Wildman–Crippen LogP) is 6.53. The van der Waals surface area contributed by atoms with Crippen LogP contribution in [0.3, 0.4) is 0 Å². The molecule has 0 amide bonds. The molecule has 0 heterocycles. The summed E-state index contributed by atoms with van der Waals surface area (Å²) in [7, 11) is -2.63. The van der Waals surface area contributed by atoms with Gasteiger partial charge in [-0.1, -0.05) is 99.6 Å². The number of halogens is 2. The largest absolute Gasteiger partial charge is 0.433 e. The van der Waals surface area contributed by atoms with Crippen molar-refractivity contribution in [3.05, 3.63) is 96.1 Å². The Kier molecular flexibility index (Phi) is 8.60. The van der Waals surface area contributed by atoms with Crippen molar-refractivity contribution in [2.75, 3.05) is 6.61 Å². The number of hydrogen-bond donors (Lipinski definition) is 0. The van der Waals surface area contributed by atoms with Gasteiger partial charge in [-0.3, -0.25) is 0 Å². The van der Waals surface area contributed by atoms with E-state index in [0.29, 0.717) is 18.6 Å². The minimum absolute atomic E-state index is 0.106. The van der Waals surface area contributed by atoms with Gasteiger partial charge >= 0.3 is 6.61 Å². The van der Waals surface area contributed by atoms with Gasteiger partial charge in [-0.25, -0.2) is 0 Å². The molecule has 0 aromatic heterocycles. The molecule has 0 aliphatic carbocycles. The normalized spacial score (nSPS) is 12.5. The maximum Gasteiger partial charge on any atom is 0.387 e. The van der Waals surface area contributed by atoms with Crippen LogP contribution in [0, 0.1) is 11.3 Å². The fourth-order valence-electron chi connectivity index (χ4n) is 4.53. The molecule has 0 saturated carbocycles. The van der Waals surface area contributed by atoms with Crippen LogP contribution < -0.4 is 15.1 Å². The third kappa shape index (κ3) is 5.87. The SMILES string of the molecule is C/C(=C\CCO[Si](c1ccccc1)(c1ccccc1)C(C)(C)C)c1cccc(OC(F)F)c1C#N. The smallest absolute Gasteiger partial charge is 0.387 e. The van der Waals surface area contributed by atoms with Gasteiger partial charge in [-0.05, 0) is 46.0 Å². The lowest BCUT2D eigenvalue weighted by atomic mass is 10.00. The molecule has 0 fully saturated rings. The van der Waals surface area contributed by atoms with Gasteiger partial charge in [0.1, 0.15) is 17.4 Å². The number of benzene rings is 3. The topological polar surface area (TPSA) is 42.2 Å². The average molecular weight is 492 g/mol. The molecule has 3 aromatic carbocycles. The summed E-state index contributed by atoms with van der Waals surface area (Å²) in [6.45, 7) is 6.06. The summed E-state index contributed by atoms with van der Waals surface area (Å²) in [5.74, 6) is -0.115. The standard InChI is InChI=1S/C29H31F2NO2Si/c1-22(25-18-11-19-27(26(25)21-32)34-28(30)31)13-12-20-33-35(29(2,3)4,23-14-7-5-8-15-23)24-16-9-6-10-17-24/h5-11,13-19,28H,12,20H2,1-4H3/b22-13+. The van der Waals surface area contributed by atoms with E-state index in [1.807, 2.05) is 31.2 Å². The molecule has 6 heteroatoms. The molecular formula is C29H31F2NO2Si. The Morgan fingerprint density at radius 2 is 1.51 bits per heavy atom. The average Bonchev–Trinajstić information content (AvgIpc) is 2.84. The molecule has 0 atom stereocenters. The van der Waals surface area contributed by atoms with E-state index in [1.165, 1.54) is 16.4 Å². The van der Waals surface area contributed by atoms with Crippen molar-refractivity contribution < 1.29 is 17.9 Å². The second-order valence-corrected chi connectivity index (χ2v) is 13.7. The molecule has 0 N–H and O–H groups in total. The first-order chi connectivity index (χ1) is 16.7. The molecule has 0 spiro atoms. The van der Waals surface area contributed by atoms with Gasteiger partial charge in [-0.15, -0.1) is 0 Å². The van der Waals surface area contributed by atoms with Crippen molar-refractivity contribution in [1.29, 1.82) is 5.26 Å². The summed E-state index contributed by atoms with van der Waals surface area (Å²) < 4.78 is 36.9. The van der Waals surface area contributed by atoms with Gasteiger partial charge in [-0.2, -0.15) is 14.0 Å². The van der Waals surface area contributed by atoms with E-state index < -0.39 is 14.9 Å². The van der Waals surface area contributed by atoms with Gasteiger partial charge in [0.2, 0.25) is 0 Å². The number of nitriles is 1. The Hall–Kier alpha value is -3.27. The molecule has 0 unspecified atom stereocenters. The zero-order valence-electron chi connectivity index (χ0n) is 20.6. The third-order valence-electron chi connectivity index (χ3n) is 6.08. The summed E-state index contributed by atoms with van der Waals surface area (Å²) in [5, 5.41) is 11.9. The van der Waals surface area contributed by atoms with Gasteiger partial charge in [0.05, 0.1) is 0 Å². The van der Waals surface area contributed by atoms with Gasteiger partial charge < -0.3 is 9.16 Å². The van der Waals surface area contributed by atoms with Crippen LogP contribution in [0.15, 0.2) is 84.9 Å². The van der Waals surface area contributed by atoms with Crippen molar-refractivity contribution >= 4 is 24.3 Å². The summed E-state index contributed by atoms with van der Waals surface area (Å²) in [6.07, 6.45) is 2.60. The van der Waals surface area contributed by atoms with E-state index in [1.54, 1.807) is 12.1 Å². The van der Waals surface area contributed by atoms with Crippen LogP contribution in [-0.4, -0.2) is 21.5 Å². The molecule has 0 aliphatic heterocycles. The molecule has 0 bridgehead atoms. The molecule has 0 saturated heterocycles. The number of rotatable bonds is 9. The minimum Gasteiger partial charge on any atom is -0.433 e. The Bertz CT molecular complexity index is 1140. The quantitative estimate of drug-likeness (QED) is 0.252. The zero-order valence-corrected chi connectivity index (χ0v) is 21.6. The Labute approximate surface area is 207 Å². The molecule has 182 valence electrons. The van der Waals surface area contributed by atoms with E-state index in [0.717, 1.165) is 5.57 Å².